The van der Waals surface area contributed by atoms with Crippen LogP contribution in [-0.4, -0.2) is 23.0 Å². The number of para-hydroxylation sites is 1. The molecule has 0 radical (unpaired) electrons. The highest BCUT2D eigenvalue weighted by molar-refractivity contribution is 7.54. The lowest BCUT2D eigenvalue weighted by Crippen LogP contribution is -2.15. The molecule has 0 saturated carbocycles. The average Bonchev–Trinajstić information content (AvgIpc) is 3.30. The number of rotatable bonds is 10. The molecule has 7 heteroatoms. The number of aryl methyl sites for hydroxylation is 1. The first-order valence-electron chi connectivity index (χ1n) is 11.5. The van der Waals surface area contributed by atoms with Gasteiger partial charge >= 0.3 is 7.60 Å². The van der Waals surface area contributed by atoms with Crippen molar-refractivity contribution in [1.82, 2.24) is 9.78 Å². The molecule has 4 rings (SSSR count). The molecule has 1 N–H and O–H groups in total. The van der Waals surface area contributed by atoms with Crippen molar-refractivity contribution in [2.75, 3.05) is 18.5 Å². The molecule has 1 heterocycles. The van der Waals surface area contributed by atoms with E-state index >= 15 is 0 Å². The molecule has 0 aliphatic carbocycles. The molecule has 0 aliphatic heterocycles. The van der Waals surface area contributed by atoms with Gasteiger partial charge in [0.25, 0.3) is 0 Å². The summed E-state index contributed by atoms with van der Waals surface area (Å²) in [5.41, 5.74) is 5.24. The number of benzene rings is 3. The maximum atomic E-state index is 14.2. The Morgan fingerprint density at radius 1 is 0.882 bits per heavy atom. The van der Waals surface area contributed by atoms with Crippen molar-refractivity contribution in [3.05, 3.63) is 102 Å². The lowest BCUT2D eigenvalue weighted by Gasteiger charge is -2.28. The fourth-order valence-corrected chi connectivity index (χ4v) is 5.73. The van der Waals surface area contributed by atoms with Gasteiger partial charge in [-0.3, -0.25) is 4.57 Å². The lowest BCUT2D eigenvalue weighted by atomic mass is 10.1. The van der Waals surface area contributed by atoms with Gasteiger partial charge in [0.2, 0.25) is 0 Å². The van der Waals surface area contributed by atoms with E-state index in [0.29, 0.717) is 5.69 Å². The first kappa shape index (κ1) is 24.0. The Balaban J connectivity index is 1.90. The van der Waals surface area contributed by atoms with Crippen molar-refractivity contribution in [1.29, 1.82) is 0 Å². The quantitative estimate of drug-likeness (QED) is 0.245. The van der Waals surface area contributed by atoms with Crippen LogP contribution in [0.3, 0.4) is 0 Å². The number of aromatic nitrogens is 2. The van der Waals surface area contributed by atoms with Crippen LogP contribution in [0.15, 0.2) is 91.1 Å². The number of hydrogen-bond donors (Lipinski definition) is 1. The first-order chi connectivity index (χ1) is 16.5. The highest BCUT2D eigenvalue weighted by atomic mass is 31.2. The van der Waals surface area contributed by atoms with Crippen LogP contribution in [0.5, 0.6) is 0 Å². The van der Waals surface area contributed by atoms with Crippen molar-refractivity contribution in [2.24, 2.45) is 0 Å². The van der Waals surface area contributed by atoms with Crippen LogP contribution >= 0.6 is 7.60 Å². The number of anilines is 1. The molecular formula is C27H30N3O3P. The van der Waals surface area contributed by atoms with E-state index in [4.69, 9.17) is 14.1 Å². The molecule has 3 aromatic carbocycles. The molecule has 0 bridgehead atoms. The fourth-order valence-electron chi connectivity index (χ4n) is 3.80. The van der Waals surface area contributed by atoms with Gasteiger partial charge in [-0.2, -0.15) is 5.10 Å². The van der Waals surface area contributed by atoms with E-state index < -0.39 is 13.4 Å². The third kappa shape index (κ3) is 5.31. The lowest BCUT2D eigenvalue weighted by molar-refractivity contribution is 0.214. The highest BCUT2D eigenvalue weighted by Gasteiger charge is 2.40. The van der Waals surface area contributed by atoms with E-state index in [1.165, 1.54) is 0 Å². The van der Waals surface area contributed by atoms with E-state index in [9.17, 15) is 4.57 Å². The largest absolute Gasteiger partial charge is 0.368 e. The van der Waals surface area contributed by atoms with E-state index in [1.807, 2.05) is 117 Å². The third-order valence-corrected chi connectivity index (χ3v) is 7.67. The van der Waals surface area contributed by atoms with Crippen LogP contribution in [0.2, 0.25) is 0 Å². The van der Waals surface area contributed by atoms with Gasteiger partial charge in [0.05, 0.1) is 24.6 Å². The summed E-state index contributed by atoms with van der Waals surface area (Å²) in [7, 11) is -3.62. The fraction of sp³-hybridized carbons (Fsp3) is 0.222. The predicted molar refractivity (Wildman–Crippen MR) is 137 cm³/mol. The Labute approximate surface area is 201 Å². The second kappa shape index (κ2) is 10.8. The van der Waals surface area contributed by atoms with Crippen molar-refractivity contribution >= 4 is 13.3 Å². The molecule has 0 aliphatic rings. The van der Waals surface area contributed by atoms with E-state index in [2.05, 4.69) is 5.32 Å². The van der Waals surface area contributed by atoms with Gasteiger partial charge in [0.1, 0.15) is 0 Å². The van der Waals surface area contributed by atoms with E-state index in [-0.39, 0.29) is 13.2 Å². The van der Waals surface area contributed by atoms with Gasteiger partial charge in [-0.15, -0.1) is 0 Å². The Bertz CT molecular complexity index is 1230. The monoisotopic (exact) mass is 475 g/mol. The second-order valence-electron chi connectivity index (χ2n) is 7.87. The molecule has 1 aromatic heterocycles. The van der Waals surface area contributed by atoms with Crippen LogP contribution in [0.25, 0.3) is 16.9 Å². The van der Waals surface area contributed by atoms with Gasteiger partial charge < -0.3 is 14.4 Å². The first-order valence-corrected chi connectivity index (χ1v) is 13.1. The molecule has 6 nitrogen and oxygen atoms in total. The standard InChI is InChI=1S/C27H30N3O3P/c1-4-32-34(31,33-5-2)27(28-23-18-16-21(3)17-19-23)25-20-30(24-14-10-7-11-15-24)29-26(25)22-12-8-6-9-13-22/h6-20,27-28H,4-5H2,1-3H3. The maximum absolute atomic E-state index is 14.2. The number of nitrogens with zero attached hydrogens (tertiary/aromatic N) is 2. The normalized spacial score (nSPS) is 12.4. The van der Waals surface area contributed by atoms with Gasteiger partial charge in [0, 0.05) is 23.0 Å². The summed E-state index contributed by atoms with van der Waals surface area (Å²) in [4.78, 5) is 0. The van der Waals surface area contributed by atoms with Crippen molar-refractivity contribution < 1.29 is 13.6 Å². The summed E-state index contributed by atoms with van der Waals surface area (Å²) in [6, 6.07) is 27.7. The van der Waals surface area contributed by atoms with Crippen LogP contribution in [0, 0.1) is 6.92 Å². The van der Waals surface area contributed by atoms with Gasteiger partial charge in [-0.25, -0.2) is 4.68 Å². The molecule has 0 amide bonds. The van der Waals surface area contributed by atoms with Gasteiger partial charge in [0.15, 0.2) is 5.78 Å². The van der Waals surface area contributed by atoms with Crippen molar-refractivity contribution in [3.8, 4) is 16.9 Å². The van der Waals surface area contributed by atoms with Crippen LogP contribution in [0.1, 0.15) is 30.8 Å². The van der Waals surface area contributed by atoms with Crippen LogP contribution < -0.4 is 5.32 Å². The van der Waals surface area contributed by atoms with E-state index in [0.717, 1.165) is 28.1 Å². The van der Waals surface area contributed by atoms with E-state index in [1.54, 1.807) is 0 Å². The van der Waals surface area contributed by atoms with Gasteiger partial charge in [-0.05, 0) is 45.0 Å². The minimum atomic E-state index is -3.62. The van der Waals surface area contributed by atoms with Gasteiger partial charge in [-0.1, -0.05) is 66.2 Å². The average molecular weight is 476 g/mol. The molecule has 34 heavy (non-hydrogen) atoms. The molecule has 0 spiro atoms. The van der Waals surface area contributed by atoms with Crippen LogP contribution in [0.4, 0.5) is 5.69 Å². The minimum absolute atomic E-state index is 0.261. The maximum Gasteiger partial charge on any atom is 0.357 e. The Kier molecular flexibility index (Phi) is 7.63. The molecule has 1 atom stereocenters. The molecular weight excluding hydrogens is 445 g/mol. The molecule has 176 valence electrons. The second-order valence-corrected chi connectivity index (χ2v) is 9.98. The Morgan fingerprint density at radius 2 is 1.47 bits per heavy atom. The summed E-state index contributed by atoms with van der Waals surface area (Å²) in [5, 5.41) is 8.35. The molecule has 1 unspecified atom stereocenters. The number of nitrogens with one attached hydrogen (secondary N) is 1. The van der Waals surface area contributed by atoms with Crippen molar-refractivity contribution in [3.63, 3.8) is 0 Å². The number of hydrogen-bond acceptors (Lipinski definition) is 5. The topological polar surface area (TPSA) is 65.4 Å². The predicted octanol–water partition coefficient (Wildman–Crippen LogP) is 7.22. The third-order valence-electron chi connectivity index (χ3n) is 5.39. The Morgan fingerprint density at radius 3 is 2.06 bits per heavy atom. The zero-order chi connectivity index (χ0) is 24.0. The summed E-state index contributed by atoms with van der Waals surface area (Å²) in [5.74, 6) is -0.761. The Hall–Kier alpha value is -3.18. The zero-order valence-corrected chi connectivity index (χ0v) is 20.6. The summed E-state index contributed by atoms with van der Waals surface area (Å²) in [6.45, 7) is 6.19. The summed E-state index contributed by atoms with van der Waals surface area (Å²) < 4.78 is 27.6. The summed E-state index contributed by atoms with van der Waals surface area (Å²) in [6.07, 6.45) is 1.91. The molecule has 4 aromatic rings. The SMILES string of the molecule is CCOP(=O)(OCC)C(Nc1ccc(C)cc1)c1cn(-c2ccccc2)nc1-c1ccccc1. The summed E-state index contributed by atoms with van der Waals surface area (Å²) >= 11 is 0. The zero-order valence-electron chi connectivity index (χ0n) is 19.7. The van der Waals surface area contributed by atoms with Crippen LogP contribution in [-0.2, 0) is 13.6 Å². The smallest absolute Gasteiger partial charge is 0.357 e. The molecule has 0 fully saturated rings. The van der Waals surface area contributed by atoms with Crippen molar-refractivity contribution in [2.45, 2.75) is 26.6 Å². The molecule has 0 saturated heterocycles. The minimum Gasteiger partial charge on any atom is -0.368 e. The highest BCUT2D eigenvalue weighted by Crippen LogP contribution is 2.61.